The Kier molecular flexibility index (Phi) is 5.46. The molecule has 8 rings (SSSR count). The first-order chi connectivity index (χ1) is 20.4. The predicted molar refractivity (Wildman–Crippen MR) is 170 cm³/mol. The number of aromatic nitrogens is 1. The molecule has 0 saturated heterocycles. The summed E-state index contributed by atoms with van der Waals surface area (Å²) in [7, 11) is 0. The number of nitrogens with zero attached hydrogens (tertiary/aromatic N) is 2. The fraction of sp³-hybridized carbons (Fsp3) is 0. The molecule has 0 aliphatic rings. The normalized spacial score (nSPS) is 11.4. The van der Waals surface area contributed by atoms with Crippen molar-refractivity contribution in [3.63, 3.8) is 0 Å². The van der Waals surface area contributed by atoms with E-state index >= 15 is 0 Å². The number of oxazole rings is 1. The third-order valence-electron chi connectivity index (χ3n) is 7.79. The van der Waals surface area contributed by atoms with E-state index in [4.69, 9.17) is 4.42 Å². The average molecular weight is 527 g/mol. The molecule has 0 N–H and O–H groups in total. The molecule has 0 unspecified atom stereocenters. The predicted octanol–water partition coefficient (Wildman–Crippen LogP) is 10.6. The maximum absolute atomic E-state index is 6.78. The van der Waals surface area contributed by atoms with Gasteiger partial charge in [-0.2, -0.15) is 0 Å². The van der Waals surface area contributed by atoms with Crippen molar-refractivity contribution >= 4 is 44.8 Å². The number of hydrogen-bond donors (Lipinski definition) is 0. The van der Waals surface area contributed by atoms with Crippen molar-refractivity contribution in [1.29, 1.82) is 0 Å². The highest BCUT2D eigenvalue weighted by atomic mass is 16.3. The highest BCUT2D eigenvalue weighted by molar-refractivity contribution is 6.08. The quantitative estimate of drug-likeness (QED) is 0.222. The van der Waals surface area contributed by atoms with Crippen LogP contribution < -0.4 is 4.90 Å². The van der Waals surface area contributed by atoms with Gasteiger partial charge in [-0.05, 0) is 59.7 Å². The molecule has 8 aromatic rings. The third-order valence-corrected chi connectivity index (χ3v) is 7.79. The first kappa shape index (κ1) is 23.4. The molecule has 2 aromatic heterocycles. The van der Waals surface area contributed by atoms with Gasteiger partial charge in [-0.15, -0.1) is 0 Å². The third kappa shape index (κ3) is 3.82. The van der Waals surface area contributed by atoms with E-state index in [2.05, 4.69) is 155 Å². The van der Waals surface area contributed by atoms with E-state index in [0.29, 0.717) is 0 Å². The van der Waals surface area contributed by atoms with Crippen LogP contribution in [0.3, 0.4) is 0 Å². The van der Waals surface area contributed by atoms with E-state index in [9.17, 15) is 0 Å². The molecule has 194 valence electrons. The zero-order valence-corrected chi connectivity index (χ0v) is 22.3. The van der Waals surface area contributed by atoms with Crippen LogP contribution in [0, 0.1) is 0 Å². The second kappa shape index (κ2) is 9.58. The zero-order valence-electron chi connectivity index (χ0n) is 22.3. The van der Waals surface area contributed by atoms with Crippen LogP contribution in [-0.4, -0.2) is 4.40 Å². The van der Waals surface area contributed by atoms with Gasteiger partial charge in [-0.1, -0.05) is 109 Å². The summed E-state index contributed by atoms with van der Waals surface area (Å²) in [6.07, 6.45) is 0. The molecule has 0 bridgehead atoms. The van der Waals surface area contributed by atoms with E-state index in [-0.39, 0.29) is 0 Å². The first-order valence-corrected chi connectivity index (χ1v) is 13.9. The van der Waals surface area contributed by atoms with Crippen LogP contribution >= 0.6 is 0 Å². The van der Waals surface area contributed by atoms with Gasteiger partial charge < -0.3 is 9.32 Å². The molecule has 0 aliphatic heterocycles. The zero-order chi connectivity index (χ0) is 27.2. The number of rotatable bonds is 5. The van der Waals surface area contributed by atoms with E-state index in [1.165, 1.54) is 5.39 Å². The van der Waals surface area contributed by atoms with Gasteiger partial charge in [0.25, 0.3) is 0 Å². The Morgan fingerprint density at radius 1 is 0.439 bits per heavy atom. The Morgan fingerprint density at radius 2 is 1.00 bits per heavy atom. The van der Waals surface area contributed by atoms with E-state index < -0.39 is 0 Å². The van der Waals surface area contributed by atoms with Crippen LogP contribution in [0.1, 0.15) is 0 Å². The van der Waals surface area contributed by atoms with Gasteiger partial charge >= 0.3 is 0 Å². The highest BCUT2D eigenvalue weighted by Gasteiger charge is 2.21. The average Bonchev–Trinajstić information content (AvgIpc) is 3.58. The van der Waals surface area contributed by atoms with Crippen LogP contribution in [0.15, 0.2) is 162 Å². The lowest BCUT2D eigenvalue weighted by molar-refractivity contribution is 0.659. The Morgan fingerprint density at radius 3 is 1.68 bits per heavy atom. The monoisotopic (exact) mass is 526 g/mol. The number of fused-ring (bicyclic) bond motifs is 5. The van der Waals surface area contributed by atoms with Crippen molar-refractivity contribution in [3.8, 4) is 22.3 Å². The number of benzene rings is 6. The highest BCUT2D eigenvalue weighted by Crippen LogP contribution is 2.42. The van der Waals surface area contributed by atoms with Crippen molar-refractivity contribution in [2.75, 3.05) is 4.90 Å². The molecular formula is C38H26N2O. The minimum Gasteiger partial charge on any atom is -0.437 e. The maximum Gasteiger partial charge on any atom is 0.213 e. The number of hydrogen-bond acceptors (Lipinski definition) is 2. The summed E-state index contributed by atoms with van der Waals surface area (Å²) in [4.78, 5) is 2.28. The van der Waals surface area contributed by atoms with Crippen molar-refractivity contribution in [3.05, 3.63) is 158 Å². The molecule has 3 heteroatoms. The van der Waals surface area contributed by atoms with Crippen LogP contribution in [-0.2, 0) is 0 Å². The Bertz CT molecular complexity index is 2090. The topological polar surface area (TPSA) is 20.8 Å². The molecule has 0 atom stereocenters. The van der Waals surface area contributed by atoms with Gasteiger partial charge in [0.05, 0.1) is 16.6 Å². The maximum atomic E-state index is 6.78. The van der Waals surface area contributed by atoms with Crippen molar-refractivity contribution in [2.24, 2.45) is 0 Å². The summed E-state index contributed by atoms with van der Waals surface area (Å²) in [6.45, 7) is 0. The minimum atomic E-state index is 0.871. The largest absolute Gasteiger partial charge is 0.437 e. The van der Waals surface area contributed by atoms with Crippen LogP contribution in [0.2, 0.25) is 0 Å². The number of para-hydroxylation sites is 4. The van der Waals surface area contributed by atoms with E-state index in [1.54, 1.807) is 0 Å². The van der Waals surface area contributed by atoms with Gasteiger partial charge in [0, 0.05) is 28.0 Å². The molecule has 0 spiro atoms. The lowest BCUT2D eigenvalue weighted by Crippen LogP contribution is -2.09. The molecule has 0 saturated carbocycles. The minimum absolute atomic E-state index is 0.871. The van der Waals surface area contributed by atoms with Crippen molar-refractivity contribution < 1.29 is 4.42 Å². The van der Waals surface area contributed by atoms with Gasteiger partial charge in [-0.3, -0.25) is 4.40 Å². The second-order valence-corrected chi connectivity index (χ2v) is 10.2. The summed E-state index contributed by atoms with van der Waals surface area (Å²) >= 11 is 0. The molecule has 0 radical (unpaired) electrons. The molecule has 41 heavy (non-hydrogen) atoms. The van der Waals surface area contributed by atoms with Gasteiger partial charge in [0.1, 0.15) is 0 Å². The fourth-order valence-corrected chi connectivity index (χ4v) is 5.96. The summed E-state index contributed by atoms with van der Waals surface area (Å²) in [5, 5.41) is 1.19. The molecule has 0 aliphatic carbocycles. The Hall–Kier alpha value is -5.54. The summed E-state index contributed by atoms with van der Waals surface area (Å²) in [6, 6.07) is 55.2. The van der Waals surface area contributed by atoms with E-state index in [0.717, 1.165) is 61.6 Å². The SMILES string of the molecule is c1ccc(-c2c3ccccc3n3c2oc2c(-c4ccc(N(c5ccccc5)c5ccccc5)cc4)cccc23)cc1. The van der Waals surface area contributed by atoms with Gasteiger partial charge in [0.15, 0.2) is 5.58 Å². The first-order valence-electron chi connectivity index (χ1n) is 13.9. The smallest absolute Gasteiger partial charge is 0.213 e. The molecule has 2 heterocycles. The lowest BCUT2D eigenvalue weighted by Gasteiger charge is -2.25. The molecule has 3 nitrogen and oxygen atoms in total. The summed E-state index contributed by atoms with van der Waals surface area (Å²) in [5.74, 6) is 0. The van der Waals surface area contributed by atoms with Crippen LogP contribution in [0.5, 0.6) is 0 Å². The van der Waals surface area contributed by atoms with Crippen molar-refractivity contribution in [2.45, 2.75) is 0 Å². The lowest BCUT2D eigenvalue weighted by atomic mass is 10.0. The summed E-state index contributed by atoms with van der Waals surface area (Å²) in [5.41, 5.74) is 11.8. The molecule has 0 fully saturated rings. The molecule has 0 amide bonds. The van der Waals surface area contributed by atoms with Crippen LogP contribution in [0.4, 0.5) is 17.1 Å². The Balaban J connectivity index is 1.29. The second-order valence-electron chi connectivity index (χ2n) is 10.2. The van der Waals surface area contributed by atoms with Crippen LogP contribution in [0.25, 0.3) is 50.0 Å². The Labute approximate surface area is 238 Å². The van der Waals surface area contributed by atoms with Gasteiger partial charge in [-0.25, -0.2) is 0 Å². The standard InChI is InChI=1S/C38H26N2O/c1-4-13-28(14-5-1)36-33-19-10-11-21-34(33)40-35-22-12-20-32(37(35)41-38(36)40)27-23-25-31(26-24-27)39(29-15-6-2-7-16-29)30-17-8-3-9-18-30/h1-26H. The van der Waals surface area contributed by atoms with E-state index in [1.807, 2.05) is 12.1 Å². The van der Waals surface area contributed by atoms with Crippen molar-refractivity contribution in [1.82, 2.24) is 4.40 Å². The molecule has 6 aromatic carbocycles. The van der Waals surface area contributed by atoms with Gasteiger partial charge in [0.2, 0.25) is 5.71 Å². The number of anilines is 3. The summed E-state index contributed by atoms with van der Waals surface area (Å²) < 4.78 is 9.04. The fourth-order valence-electron chi connectivity index (χ4n) is 5.96. The molecular weight excluding hydrogens is 500 g/mol.